The number of imide groups is 4. The maximum Gasteiger partial charge on any atom is 0.333 e. The Labute approximate surface area is 150 Å². The summed E-state index contributed by atoms with van der Waals surface area (Å²) in [4.78, 5) is 75.6. The molecule has 1 unspecified atom stereocenters. The molecule has 0 spiro atoms. The summed E-state index contributed by atoms with van der Waals surface area (Å²) in [6.45, 7) is 0. The van der Waals surface area contributed by atoms with E-state index in [-0.39, 0.29) is 0 Å². The van der Waals surface area contributed by atoms with Gasteiger partial charge in [-0.25, -0.2) is 9.59 Å². The number of nitrogens with zero attached hydrogens (tertiary/aromatic N) is 4. The van der Waals surface area contributed by atoms with Gasteiger partial charge >= 0.3 is 12.1 Å². The SMILES string of the molecule is CN1C(=O)C(=C(C2C(=O)N(C)C(=O)N(C)C2=O)S(C)=O)C(=O)N(C)C1=O. The van der Waals surface area contributed by atoms with Gasteiger partial charge in [0.2, 0.25) is 11.8 Å². The number of amides is 8. The average Bonchev–Trinajstić information content (AvgIpc) is 2.60. The lowest BCUT2D eigenvalue weighted by molar-refractivity contribution is -0.145. The van der Waals surface area contributed by atoms with E-state index in [1.165, 1.54) is 0 Å². The largest absolute Gasteiger partial charge is 0.333 e. The molecule has 0 radical (unpaired) electrons. The molecule has 2 aliphatic heterocycles. The van der Waals surface area contributed by atoms with Crippen LogP contribution in [0.1, 0.15) is 0 Å². The van der Waals surface area contributed by atoms with Gasteiger partial charge in [-0.3, -0.25) is 43.0 Å². The molecule has 2 rings (SSSR count). The van der Waals surface area contributed by atoms with Crippen LogP contribution in [0.3, 0.4) is 0 Å². The normalized spacial score (nSPS) is 21.2. The molecule has 0 N–H and O–H groups in total. The first-order valence-electron chi connectivity index (χ1n) is 7.20. The molecule has 0 aliphatic carbocycles. The van der Waals surface area contributed by atoms with E-state index in [0.717, 1.165) is 34.4 Å². The molecule has 0 aromatic heterocycles. The van der Waals surface area contributed by atoms with Crippen LogP contribution in [0.25, 0.3) is 0 Å². The van der Waals surface area contributed by atoms with Crippen LogP contribution in [0.4, 0.5) is 9.59 Å². The number of rotatable bonds is 2. The van der Waals surface area contributed by atoms with Gasteiger partial charge in [0.05, 0.1) is 4.91 Å². The quantitative estimate of drug-likeness (QED) is 0.316. The van der Waals surface area contributed by atoms with Gasteiger partial charge in [-0.05, 0) is 0 Å². The molecular formula is C14H16N4O7S. The first kappa shape index (κ1) is 19.4. The van der Waals surface area contributed by atoms with Crippen molar-refractivity contribution in [1.29, 1.82) is 0 Å². The average molecular weight is 384 g/mol. The lowest BCUT2D eigenvalue weighted by atomic mass is 9.98. The van der Waals surface area contributed by atoms with Gasteiger partial charge in [0, 0.05) is 45.2 Å². The first-order chi connectivity index (χ1) is 11.9. The van der Waals surface area contributed by atoms with Gasteiger partial charge in [-0.2, -0.15) is 0 Å². The molecule has 26 heavy (non-hydrogen) atoms. The van der Waals surface area contributed by atoms with Gasteiger partial charge in [-0.15, -0.1) is 0 Å². The Morgan fingerprint density at radius 1 is 0.731 bits per heavy atom. The first-order valence-corrected chi connectivity index (χ1v) is 8.76. The van der Waals surface area contributed by atoms with E-state index < -0.39 is 62.9 Å². The molecule has 1 atom stereocenters. The molecule has 140 valence electrons. The zero-order valence-electron chi connectivity index (χ0n) is 14.6. The third kappa shape index (κ3) is 2.62. The predicted molar refractivity (Wildman–Crippen MR) is 86.5 cm³/mol. The van der Waals surface area contributed by atoms with Crippen LogP contribution in [-0.2, 0) is 30.0 Å². The van der Waals surface area contributed by atoms with Gasteiger partial charge in [0.1, 0.15) is 5.57 Å². The minimum Gasteiger partial charge on any atom is -0.273 e. The van der Waals surface area contributed by atoms with Crippen LogP contribution in [0.5, 0.6) is 0 Å². The van der Waals surface area contributed by atoms with Crippen molar-refractivity contribution in [2.45, 2.75) is 0 Å². The summed E-state index contributed by atoms with van der Waals surface area (Å²) in [5, 5.41) is 0. The minimum atomic E-state index is -2.10. The maximum atomic E-state index is 12.5. The van der Waals surface area contributed by atoms with E-state index >= 15 is 0 Å². The Kier molecular flexibility index (Phi) is 4.82. The fourth-order valence-electron chi connectivity index (χ4n) is 2.62. The number of urea groups is 2. The molecule has 0 saturated carbocycles. The number of carbonyl (C=O) groups is 6. The van der Waals surface area contributed by atoms with Crippen LogP contribution in [0, 0.1) is 5.92 Å². The molecule has 12 heteroatoms. The lowest BCUT2D eigenvalue weighted by Gasteiger charge is -2.35. The summed E-state index contributed by atoms with van der Waals surface area (Å²) in [6.07, 6.45) is 1.09. The Hall–Kier alpha value is -2.89. The molecule has 0 aromatic rings. The molecule has 2 fully saturated rings. The molecule has 2 aliphatic rings. The molecule has 8 amide bonds. The highest BCUT2D eigenvalue weighted by atomic mass is 32.2. The Morgan fingerprint density at radius 3 is 1.42 bits per heavy atom. The molecule has 2 heterocycles. The summed E-state index contributed by atoms with van der Waals surface area (Å²) < 4.78 is 12.3. The van der Waals surface area contributed by atoms with Crippen molar-refractivity contribution in [3.63, 3.8) is 0 Å². The van der Waals surface area contributed by atoms with Crippen LogP contribution in [0.2, 0.25) is 0 Å². The predicted octanol–water partition coefficient (Wildman–Crippen LogP) is -1.66. The van der Waals surface area contributed by atoms with Crippen molar-refractivity contribution in [3.8, 4) is 0 Å². The molecule has 0 aromatic carbocycles. The van der Waals surface area contributed by atoms with Crippen molar-refractivity contribution in [1.82, 2.24) is 19.6 Å². The van der Waals surface area contributed by atoms with Crippen LogP contribution in [-0.4, -0.2) is 93.9 Å². The van der Waals surface area contributed by atoms with Gasteiger partial charge < -0.3 is 0 Å². The van der Waals surface area contributed by atoms with Crippen LogP contribution >= 0.6 is 0 Å². The number of hydrogen-bond acceptors (Lipinski definition) is 7. The van der Waals surface area contributed by atoms with Crippen molar-refractivity contribution >= 4 is 46.5 Å². The minimum absolute atomic E-state index is 0.535. The zero-order chi connectivity index (χ0) is 20.1. The fraction of sp³-hybridized carbons (Fsp3) is 0.429. The van der Waals surface area contributed by atoms with Crippen molar-refractivity contribution in [3.05, 3.63) is 10.5 Å². The van der Waals surface area contributed by atoms with E-state index in [1.807, 2.05) is 0 Å². The van der Waals surface area contributed by atoms with Crippen LogP contribution < -0.4 is 0 Å². The molecular weight excluding hydrogens is 368 g/mol. The second-order valence-corrected chi connectivity index (χ2v) is 7.06. The molecule has 2 saturated heterocycles. The van der Waals surface area contributed by atoms with Gasteiger partial charge in [0.15, 0.2) is 5.92 Å². The van der Waals surface area contributed by atoms with E-state index in [9.17, 15) is 33.0 Å². The number of carbonyl (C=O) groups excluding carboxylic acids is 6. The second kappa shape index (κ2) is 6.44. The highest BCUT2D eigenvalue weighted by Crippen LogP contribution is 2.30. The summed E-state index contributed by atoms with van der Waals surface area (Å²) in [5.41, 5.74) is -0.696. The Morgan fingerprint density at radius 2 is 1.08 bits per heavy atom. The maximum absolute atomic E-state index is 12.5. The Bertz CT molecular complexity index is 783. The Balaban J connectivity index is 2.76. The number of likely N-dealkylation sites (N-methyl/N-ethyl adjacent to an activating group) is 2. The highest BCUT2D eigenvalue weighted by Gasteiger charge is 2.50. The number of hydrogen-bond donors (Lipinski definition) is 0. The topological polar surface area (TPSA) is 132 Å². The highest BCUT2D eigenvalue weighted by molar-refractivity contribution is 7.88. The smallest absolute Gasteiger partial charge is 0.273 e. The van der Waals surface area contributed by atoms with Gasteiger partial charge in [-0.1, -0.05) is 0 Å². The van der Waals surface area contributed by atoms with E-state index in [4.69, 9.17) is 0 Å². The zero-order valence-corrected chi connectivity index (χ0v) is 15.4. The van der Waals surface area contributed by atoms with E-state index in [2.05, 4.69) is 0 Å². The summed E-state index contributed by atoms with van der Waals surface area (Å²) >= 11 is 0. The third-order valence-corrected chi connectivity index (χ3v) is 5.22. The van der Waals surface area contributed by atoms with E-state index in [0.29, 0.717) is 19.6 Å². The van der Waals surface area contributed by atoms with Crippen LogP contribution in [0.15, 0.2) is 10.5 Å². The van der Waals surface area contributed by atoms with E-state index in [1.54, 1.807) is 0 Å². The number of barbiturate groups is 2. The second-order valence-electron chi connectivity index (χ2n) is 5.71. The lowest BCUT2D eigenvalue weighted by Crippen LogP contribution is -2.59. The molecule has 11 nitrogen and oxygen atoms in total. The third-order valence-electron chi connectivity index (χ3n) is 4.16. The van der Waals surface area contributed by atoms with Gasteiger partial charge in [0.25, 0.3) is 11.8 Å². The summed E-state index contributed by atoms with van der Waals surface area (Å²) in [5.74, 6) is -5.97. The van der Waals surface area contributed by atoms with Crippen molar-refractivity contribution < 1.29 is 33.0 Å². The summed E-state index contributed by atoms with van der Waals surface area (Å²) in [7, 11) is 2.36. The van der Waals surface area contributed by atoms with Crippen molar-refractivity contribution in [2.75, 3.05) is 34.4 Å². The standard InChI is InChI=1S/C14H16N4O7S/c1-15-9(19)6(10(20)16(2)13(15)23)8(26(5)25)7-11(21)17(3)14(24)18(4)12(7)22/h6H,1-5H3. The summed E-state index contributed by atoms with van der Waals surface area (Å²) in [6, 6.07) is -1.80. The monoisotopic (exact) mass is 384 g/mol. The fourth-order valence-corrected chi connectivity index (χ4v) is 3.62. The molecule has 0 bridgehead atoms. The van der Waals surface area contributed by atoms with Crippen molar-refractivity contribution in [2.24, 2.45) is 5.92 Å².